The molecule has 0 amide bonds. The summed E-state index contributed by atoms with van der Waals surface area (Å²) in [5, 5.41) is 145. The highest BCUT2D eigenvalue weighted by Crippen LogP contribution is 2.59. The molecule has 4 aliphatic rings. The van der Waals surface area contributed by atoms with Gasteiger partial charge in [-0.3, -0.25) is 0 Å². The number of hydrogen-bond acceptors (Lipinski definition) is 20. The average Bonchev–Trinajstić information content (AvgIpc) is 3.48. The zero-order valence-corrected chi connectivity index (χ0v) is 35.8. The molecule has 20 heteroatoms. The molecule has 58 heavy (non-hydrogen) atoms. The van der Waals surface area contributed by atoms with E-state index in [1.165, 1.54) is 48.5 Å². The van der Waals surface area contributed by atoms with Gasteiger partial charge in [-0.2, -0.15) is 0 Å². The van der Waals surface area contributed by atoms with E-state index >= 15 is 0 Å². The summed E-state index contributed by atoms with van der Waals surface area (Å²) >= 11 is 0. The molecule has 13 N–H and O–H groups in total. The van der Waals surface area contributed by atoms with Crippen molar-refractivity contribution >= 4 is 0 Å². The molecule has 0 bridgehead atoms. The summed E-state index contributed by atoms with van der Waals surface area (Å²) in [5.41, 5.74) is -23.8. The summed E-state index contributed by atoms with van der Waals surface area (Å²) in [4.78, 5) is 0. The Morgan fingerprint density at radius 1 is 0.414 bits per heavy atom. The fraction of sp³-hybridized carbons (Fsp3) is 1.00. The monoisotopic (exact) mass is 846 g/mol. The van der Waals surface area contributed by atoms with Crippen LogP contribution >= 0.6 is 0 Å². The fourth-order valence-corrected chi connectivity index (χ4v) is 9.39. The molecule has 342 valence electrons. The van der Waals surface area contributed by atoms with Gasteiger partial charge >= 0.3 is 0 Å². The van der Waals surface area contributed by atoms with Gasteiger partial charge in [0, 0.05) is 5.41 Å². The summed E-state index contributed by atoms with van der Waals surface area (Å²) in [6.07, 6.45) is -5.65. The predicted molar refractivity (Wildman–Crippen MR) is 198 cm³/mol. The second-order valence-electron chi connectivity index (χ2n) is 19.6. The van der Waals surface area contributed by atoms with Crippen LogP contribution in [0.25, 0.3) is 0 Å². The summed E-state index contributed by atoms with van der Waals surface area (Å²) in [6.45, 7) is 8.41. The molecule has 0 aliphatic carbocycles. The molecule has 4 rings (SSSR count). The largest absolute Gasteiger partial charge is 0.393 e. The van der Waals surface area contributed by atoms with Crippen LogP contribution < -0.4 is 0 Å². The van der Waals surface area contributed by atoms with Crippen LogP contribution in [-0.4, -0.2) is 217 Å². The number of hydrogen-bond donors (Lipinski definition) is 13. The van der Waals surface area contributed by atoms with Crippen LogP contribution in [-0.2, 0) is 33.2 Å². The second kappa shape index (κ2) is 14.6. The lowest BCUT2D eigenvalue weighted by molar-refractivity contribution is -0.393. The van der Waals surface area contributed by atoms with E-state index in [0.29, 0.717) is 0 Å². The van der Waals surface area contributed by atoms with Gasteiger partial charge < -0.3 is 99.5 Å². The molecule has 0 aromatic carbocycles. The average molecular weight is 847 g/mol. The molecule has 0 radical (unpaired) electrons. The third kappa shape index (κ3) is 6.40. The SMILES string of the molecule is CC1(O)[C@@H](O)[C@@](C)(CO)O[C@]1(COC[C@@]1(C)OC(C)(CO)[C@@](C)(O)C(C)(C)[C@]1(C)O)CO[C@]1(CO[C@]2(CO)O[C@](C)(CO)[C@H](O)C2(C)O)O[C@](C)(CO)[C@H](O)C1(C)O. The van der Waals surface area contributed by atoms with Crippen LogP contribution in [0, 0.1) is 5.41 Å². The first-order chi connectivity index (χ1) is 26.0. The standard InChI is InChI=1S/C38H70O20/c1-25(2)34(11,50)29(6,16-42)58-30(7,35(25,12)51)18-52-19-36(31(8,47)22(44)26(3,13-39)55-36)20-53-38(33(10,49)24(46)28(5,15-41)57-38)21-54-37(17-43)32(9,48)23(45)27(4,14-40)56-37/h22-24,39-51H,13-21H2,1-12H3/t22-,23-,24-,26+,27+,28+,29?,30+,31?,32?,33?,34-,35-,36+,37+,38+/m0/s1. The highest BCUT2D eigenvalue weighted by molar-refractivity contribution is 5.22. The van der Waals surface area contributed by atoms with E-state index in [-0.39, 0.29) is 0 Å². The Bertz CT molecular complexity index is 1510. The van der Waals surface area contributed by atoms with Gasteiger partial charge in [-0.1, -0.05) is 13.8 Å². The Labute approximate surface area is 338 Å². The van der Waals surface area contributed by atoms with Gasteiger partial charge in [-0.15, -0.1) is 0 Å². The predicted octanol–water partition coefficient (Wildman–Crippen LogP) is -4.09. The van der Waals surface area contributed by atoms with E-state index in [4.69, 9.17) is 33.2 Å². The normalized spacial score (nSPS) is 55.7. The Morgan fingerprint density at radius 2 is 0.810 bits per heavy atom. The number of rotatable bonds is 15. The minimum Gasteiger partial charge on any atom is -0.393 e. The zero-order chi connectivity index (χ0) is 45.0. The molecular formula is C38H70O20. The molecule has 4 unspecified atom stereocenters. The van der Waals surface area contributed by atoms with Crippen LogP contribution in [0.5, 0.6) is 0 Å². The van der Waals surface area contributed by atoms with Crippen molar-refractivity contribution in [3.63, 3.8) is 0 Å². The zero-order valence-electron chi connectivity index (χ0n) is 35.8. The van der Waals surface area contributed by atoms with Crippen LogP contribution in [0.2, 0.25) is 0 Å². The fourth-order valence-electron chi connectivity index (χ4n) is 9.39. The Balaban J connectivity index is 1.79. The first-order valence-corrected chi connectivity index (χ1v) is 19.3. The van der Waals surface area contributed by atoms with Crippen molar-refractivity contribution in [1.82, 2.24) is 0 Å². The minimum atomic E-state index is -2.66. The molecule has 0 aromatic heterocycles. The van der Waals surface area contributed by atoms with Gasteiger partial charge in [0.25, 0.3) is 0 Å². The van der Waals surface area contributed by atoms with Crippen LogP contribution in [0.15, 0.2) is 0 Å². The van der Waals surface area contributed by atoms with Crippen LogP contribution in [0.1, 0.15) is 83.1 Å². The Kier molecular flexibility index (Phi) is 12.6. The number of ether oxygens (including phenoxy) is 7. The third-order valence-electron chi connectivity index (χ3n) is 15.2. The van der Waals surface area contributed by atoms with Crippen molar-refractivity contribution in [1.29, 1.82) is 0 Å². The van der Waals surface area contributed by atoms with E-state index in [1.54, 1.807) is 13.8 Å². The van der Waals surface area contributed by atoms with Gasteiger partial charge in [0.2, 0.25) is 11.6 Å². The van der Waals surface area contributed by atoms with E-state index in [9.17, 15) is 66.4 Å². The molecule has 4 heterocycles. The first kappa shape index (κ1) is 49.9. The molecule has 0 aromatic rings. The van der Waals surface area contributed by atoms with Crippen LogP contribution in [0.3, 0.4) is 0 Å². The maximum Gasteiger partial charge on any atom is 0.225 e. The molecule has 0 saturated carbocycles. The minimum absolute atomic E-state index is 0.511. The lowest BCUT2D eigenvalue weighted by atomic mass is 9.53. The summed E-state index contributed by atoms with van der Waals surface area (Å²) in [5.74, 6) is -5.20. The van der Waals surface area contributed by atoms with Crippen molar-refractivity contribution < 1.29 is 99.5 Å². The highest BCUT2D eigenvalue weighted by Gasteiger charge is 2.75. The van der Waals surface area contributed by atoms with Crippen molar-refractivity contribution in [3.05, 3.63) is 0 Å². The molecule has 4 aliphatic heterocycles. The maximum atomic E-state index is 12.1. The van der Waals surface area contributed by atoms with E-state index in [2.05, 4.69) is 0 Å². The smallest absolute Gasteiger partial charge is 0.225 e. The van der Waals surface area contributed by atoms with Crippen molar-refractivity contribution in [2.24, 2.45) is 5.41 Å². The van der Waals surface area contributed by atoms with Gasteiger partial charge in [0.05, 0.1) is 46.2 Å². The number of aliphatic hydroxyl groups is 13. The van der Waals surface area contributed by atoms with Gasteiger partial charge in [0.1, 0.15) is 93.1 Å². The summed E-state index contributed by atoms with van der Waals surface area (Å²) < 4.78 is 42.9. The Morgan fingerprint density at radius 3 is 1.22 bits per heavy atom. The second-order valence-corrected chi connectivity index (χ2v) is 19.6. The van der Waals surface area contributed by atoms with Crippen molar-refractivity contribution in [2.45, 2.75) is 175 Å². The Hall–Kier alpha value is -0.800. The quantitative estimate of drug-likeness (QED) is 0.0745. The van der Waals surface area contributed by atoms with Gasteiger partial charge in [0.15, 0.2) is 0 Å². The molecule has 20 nitrogen and oxygen atoms in total. The summed E-state index contributed by atoms with van der Waals surface area (Å²) in [6, 6.07) is 0. The molecule has 4 saturated heterocycles. The molecular weight excluding hydrogens is 776 g/mol. The maximum absolute atomic E-state index is 12.1. The first-order valence-electron chi connectivity index (χ1n) is 19.3. The van der Waals surface area contributed by atoms with Gasteiger partial charge in [-0.05, 0) is 69.2 Å². The number of aliphatic hydroxyl groups excluding tert-OH is 8. The molecule has 16 atom stereocenters. The van der Waals surface area contributed by atoms with E-state index in [0.717, 1.165) is 20.8 Å². The summed E-state index contributed by atoms with van der Waals surface area (Å²) in [7, 11) is 0. The van der Waals surface area contributed by atoms with Crippen molar-refractivity contribution in [3.8, 4) is 0 Å². The lowest BCUT2D eigenvalue weighted by Crippen LogP contribution is -2.81. The topological polar surface area (TPSA) is 328 Å². The highest BCUT2D eigenvalue weighted by atomic mass is 16.8. The van der Waals surface area contributed by atoms with Crippen molar-refractivity contribution in [2.75, 3.05) is 59.5 Å². The van der Waals surface area contributed by atoms with Gasteiger partial charge in [-0.25, -0.2) is 0 Å². The van der Waals surface area contributed by atoms with E-state index in [1.807, 2.05) is 0 Å². The van der Waals surface area contributed by atoms with E-state index < -0.39 is 156 Å². The lowest BCUT2D eigenvalue weighted by Gasteiger charge is -2.67. The van der Waals surface area contributed by atoms with Crippen LogP contribution in [0.4, 0.5) is 0 Å². The third-order valence-corrected chi connectivity index (χ3v) is 15.2. The molecule has 0 spiro atoms. The molecule has 4 fully saturated rings.